The van der Waals surface area contributed by atoms with Crippen LogP contribution in [0.25, 0.3) is 0 Å². The Labute approximate surface area is 219 Å². The number of rotatable bonds is 10. The first-order chi connectivity index (χ1) is 17.7. The molecular weight excluding hydrogens is 540 g/mol. The van der Waals surface area contributed by atoms with Crippen LogP contribution in [0.3, 0.4) is 0 Å². The molecule has 2 amide bonds. The minimum Gasteiger partial charge on any atom is -0.325 e. The molecule has 14 nitrogen and oxygen atoms in total. The third-order valence-corrected chi connectivity index (χ3v) is 8.45. The number of tetrazole rings is 2. The molecule has 0 saturated carbocycles. The van der Waals surface area contributed by atoms with Crippen molar-refractivity contribution in [3.63, 3.8) is 0 Å². The summed E-state index contributed by atoms with van der Waals surface area (Å²) in [4.78, 5) is 24.6. The number of carbonyl (C=O) groups excluding carboxylic acids is 2. The molecule has 0 atom stereocenters. The number of aromatic nitrogens is 8. The molecule has 0 unspecified atom stereocenters. The number of nitrogens with one attached hydrogen (secondary N) is 2. The van der Waals surface area contributed by atoms with E-state index in [1.807, 2.05) is 0 Å². The van der Waals surface area contributed by atoms with Crippen LogP contribution in [0.5, 0.6) is 0 Å². The van der Waals surface area contributed by atoms with E-state index in [-0.39, 0.29) is 33.1 Å². The SMILES string of the molecule is Cn1nnnc1SCC(=O)Nc1cccc(S(=O)(=O)c2cccc(NC(=O)CSc3nnnn3C)c2)c1. The van der Waals surface area contributed by atoms with Gasteiger partial charge in [0.05, 0.1) is 21.3 Å². The molecule has 0 radical (unpaired) electrons. The van der Waals surface area contributed by atoms with Crippen LogP contribution in [-0.4, -0.2) is 72.2 Å². The van der Waals surface area contributed by atoms with Gasteiger partial charge in [0, 0.05) is 25.5 Å². The number of carbonyl (C=O) groups is 2. The number of hydrogen-bond acceptors (Lipinski definition) is 12. The topological polar surface area (TPSA) is 180 Å². The van der Waals surface area contributed by atoms with Crippen molar-refractivity contribution in [2.75, 3.05) is 22.1 Å². The third-order valence-electron chi connectivity index (χ3n) is 4.68. The van der Waals surface area contributed by atoms with Gasteiger partial charge in [-0.05, 0) is 57.3 Å². The maximum atomic E-state index is 13.3. The molecule has 0 aliphatic rings. The summed E-state index contributed by atoms with van der Waals surface area (Å²) < 4.78 is 29.4. The summed E-state index contributed by atoms with van der Waals surface area (Å²) in [6.45, 7) is 0. The number of thioether (sulfide) groups is 2. The third kappa shape index (κ3) is 6.69. The predicted molar refractivity (Wildman–Crippen MR) is 135 cm³/mol. The highest BCUT2D eigenvalue weighted by atomic mass is 32.2. The van der Waals surface area contributed by atoms with Gasteiger partial charge in [-0.2, -0.15) is 0 Å². The van der Waals surface area contributed by atoms with Crippen LogP contribution in [0, 0.1) is 0 Å². The monoisotopic (exact) mass is 560 g/mol. The van der Waals surface area contributed by atoms with Crippen molar-refractivity contribution in [1.29, 1.82) is 0 Å². The summed E-state index contributed by atoms with van der Waals surface area (Å²) in [6, 6.07) is 11.9. The number of hydrogen-bond donors (Lipinski definition) is 2. The van der Waals surface area contributed by atoms with E-state index < -0.39 is 9.84 Å². The number of nitrogens with zero attached hydrogens (tertiary/aromatic N) is 8. The van der Waals surface area contributed by atoms with Gasteiger partial charge in [-0.25, -0.2) is 17.8 Å². The molecule has 0 saturated heterocycles. The molecule has 0 spiro atoms. The van der Waals surface area contributed by atoms with Crippen molar-refractivity contribution in [2.24, 2.45) is 14.1 Å². The number of anilines is 2. The van der Waals surface area contributed by atoms with Crippen LogP contribution in [0.4, 0.5) is 11.4 Å². The van der Waals surface area contributed by atoms with Gasteiger partial charge in [-0.3, -0.25) is 9.59 Å². The second kappa shape index (κ2) is 11.5. The Kier molecular flexibility index (Phi) is 8.14. The van der Waals surface area contributed by atoms with E-state index in [0.29, 0.717) is 21.7 Å². The summed E-state index contributed by atoms with van der Waals surface area (Å²) in [5, 5.41) is 28.3. The molecular formula is C20H20N10O4S3. The van der Waals surface area contributed by atoms with E-state index in [4.69, 9.17) is 0 Å². The van der Waals surface area contributed by atoms with Crippen molar-refractivity contribution in [3.8, 4) is 0 Å². The molecule has 4 rings (SSSR count). The molecule has 2 aromatic carbocycles. The van der Waals surface area contributed by atoms with E-state index in [2.05, 4.69) is 41.7 Å². The first kappa shape index (κ1) is 26.2. The fraction of sp³-hybridized carbons (Fsp3) is 0.200. The molecule has 2 aromatic heterocycles. The lowest BCUT2D eigenvalue weighted by Gasteiger charge is -2.10. The van der Waals surface area contributed by atoms with Crippen molar-refractivity contribution >= 4 is 56.6 Å². The van der Waals surface area contributed by atoms with E-state index in [9.17, 15) is 18.0 Å². The predicted octanol–water partition coefficient (Wildman–Crippen LogP) is 1.03. The number of benzene rings is 2. The van der Waals surface area contributed by atoms with E-state index in [1.54, 1.807) is 26.2 Å². The second-order valence-electron chi connectivity index (χ2n) is 7.40. The fourth-order valence-electron chi connectivity index (χ4n) is 2.96. The molecule has 0 aliphatic heterocycles. The Morgan fingerprint density at radius 3 is 1.59 bits per heavy atom. The maximum Gasteiger partial charge on any atom is 0.234 e. The van der Waals surface area contributed by atoms with E-state index in [1.165, 1.54) is 45.8 Å². The largest absolute Gasteiger partial charge is 0.325 e. The van der Waals surface area contributed by atoms with E-state index >= 15 is 0 Å². The van der Waals surface area contributed by atoms with Crippen molar-refractivity contribution in [2.45, 2.75) is 20.1 Å². The first-order valence-corrected chi connectivity index (χ1v) is 13.9. The van der Waals surface area contributed by atoms with Gasteiger partial charge in [0.15, 0.2) is 0 Å². The lowest BCUT2D eigenvalue weighted by Crippen LogP contribution is -2.15. The van der Waals surface area contributed by atoms with Crippen LogP contribution in [0.1, 0.15) is 0 Å². The highest BCUT2D eigenvalue weighted by molar-refractivity contribution is 8.00. The van der Waals surface area contributed by atoms with Gasteiger partial charge in [0.1, 0.15) is 0 Å². The molecule has 2 heterocycles. The molecule has 2 N–H and O–H groups in total. The van der Waals surface area contributed by atoms with Crippen LogP contribution in [0.15, 0.2) is 68.6 Å². The molecule has 0 bridgehead atoms. The molecule has 0 fully saturated rings. The van der Waals surface area contributed by atoms with Crippen LogP contribution < -0.4 is 10.6 Å². The zero-order chi connectivity index (χ0) is 26.4. The summed E-state index contributed by atoms with van der Waals surface area (Å²) in [6.07, 6.45) is 0. The van der Waals surface area contributed by atoms with Gasteiger partial charge in [-0.15, -0.1) is 10.2 Å². The molecule has 37 heavy (non-hydrogen) atoms. The standard InChI is InChI=1S/C20H20N10O4S3/c1-29-19(23-25-27-29)35-11-17(31)21-13-5-3-7-15(9-13)37(33,34)16-8-4-6-14(10-16)22-18(32)12-36-20-24-26-28-30(20)2/h3-10H,11-12H2,1-2H3,(H,21,31)(H,22,32). The summed E-state index contributed by atoms with van der Waals surface area (Å²) in [7, 11) is -0.618. The Morgan fingerprint density at radius 1 is 0.784 bits per heavy atom. The molecule has 17 heteroatoms. The second-order valence-corrected chi connectivity index (χ2v) is 11.2. The number of sulfone groups is 1. The zero-order valence-electron chi connectivity index (χ0n) is 19.5. The number of aryl methyl sites for hydroxylation is 2. The maximum absolute atomic E-state index is 13.3. The van der Waals surface area contributed by atoms with Crippen molar-refractivity contribution in [1.82, 2.24) is 40.4 Å². The summed E-state index contributed by atoms with van der Waals surface area (Å²) in [5.74, 6) is -0.610. The highest BCUT2D eigenvalue weighted by Crippen LogP contribution is 2.26. The van der Waals surface area contributed by atoms with Gasteiger partial charge in [-0.1, -0.05) is 35.7 Å². The van der Waals surface area contributed by atoms with Crippen LogP contribution >= 0.6 is 23.5 Å². The van der Waals surface area contributed by atoms with Crippen molar-refractivity contribution in [3.05, 3.63) is 48.5 Å². The minimum atomic E-state index is -3.94. The highest BCUT2D eigenvalue weighted by Gasteiger charge is 2.19. The normalized spacial score (nSPS) is 11.3. The lowest BCUT2D eigenvalue weighted by molar-refractivity contribution is -0.114. The minimum absolute atomic E-state index is 0.00994. The quantitative estimate of drug-likeness (QED) is 0.263. The summed E-state index contributed by atoms with van der Waals surface area (Å²) >= 11 is 2.29. The van der Waals surface area contributed by atoms with Crippen molar-refractivity contribution < 1.29 is 18.0 Å². The smallest absolute Gasteiger partial charge is 0.234 e. The van der Waals surface area contributed by atoms with Gasteiger partial charge in [0.2, 0.25) is 32.0 Å². The first-order valence-electron chi connectivity index (χ1n) is 10.5. The van der Waals surface area contributed by atoms with Crippen LogP contribution in [0.2, 0.25) is 0 Å². The van der Waals surface area contributed by atoms with Gasteiger partial charge >= 0.3 is 0 Å². The molecule has 192 valence electrons. The Hall–Kier alpha value is -3.83. The average Bonchev–Trinajstić information content (AvgIpc) is 3.48. The van der Waals surface area contributed by atoms with Gasteiger partial charge in [0.25, 0.3) is 0 Å². The molecule has 4 aromatic rings. The van der Waals surface area contributed by atoms with Gasteiger partial charge < -0.3 is 10.6 Å². The number of amides is 2. The average molecular weight is 561 g/mol. The zero-order valence-corrected chi connectivity index (χ0v) is 21.9. The Balaban J connectivity index is 1.41. The molecule has 0 aliphatic carbocycles. The van der Waals surface area contributed by atoms with Crippen LogP contribution in [-0.2, 0) is 33.5 Å². The Morgan fingerprint density at radius 2 is 1.22 bits per heavy atom. The van der Waals surface area contributed by atoms with E-state index in [0.717, 1.165) is 23.5 Å². The summed E-state index contributed by atoms with van der Waals surface area (Å²) in [5.41, 5.74) is 0.644. The lowest BCUT2D eigenvalue weighted by atomic mass is 10.3. The fourth-order valence-corrected chi connectivity index (χ4v) is 5.61. The Bertz CT molecular complexity index is 1430.